The van der Waals surface area contributed by atoms with Crippen LogP contribution in [0.3, 0.4) is 0 Å². The smallest absolute Gasteiger partial charge is 0.315 e. The average Bonchev–Trinajstić information content (AvgIpc) is 3.27. The van der Waals surface area contributed by atoms with E-state index in [-0.39, 0.29) is 11.6 Å². The van der Waals surface area contributed by atoms with Crippen molar-refractivity contribution in [3.8, 4) is 0 Å². The average molecular weight is 344 g/mol. The first-order valence-corrected chi connectivity index (χ1v) is 8.48. The van der Waals surface area contributed by atoms with Crippen LogP contribution in [0.25, 0.3) is 0 Å². The molecule has 1 aliphatic heterocycles. The first-order valence-electron chi connectivity index (χ1n) is 8.48. The van der Waals surface area contributed by atoms with Gasteiger partial charge in [0.2, 0.25) is 0 Å². The van der Waals surface area contributed by atoms with E-state index in [0.717, 1.165) is 12.8 Å². The fourth-order valence-electron chi connectivity index (χ4n) is 3.16. The van der Waals surface area contributed by atoms with Crippen molar-refractivity contribution in [3.05, 3.63) is 31.0 Å². The number of rotatable bonds is 3. The Morgan fingerprint density at radius 3 is 2.80 bits per heavy atom. The molecule has 25 heavy (non-hydrogen) atoms. The summed E-state index contributed by atoms with van der Waals surface area (Å²) in [6.45, 7) is 7.21. The lowest BCUT2D eigenvalue weighted by atomic mass is 10.1. The number of carbonyl (C=O) groups is 2. The number of carbonyl (C=O) groups excluding carboxylic acids is 2. The van der Waals surface area contributed by atoms with Gasteiger partial charge in [0.1, 0.15) is 5.82 Å². The Kier molecular flexibility index (Phi) is 4.61. The van der Waals surface area contributed by atoms with Crippen molar-refractivity contribution < 1.29 is 9.59 Å². The second kappa shape index (κ2) is 6.70. The summed E-state index contributed by atoms with van der Waals surface area (Å²) >= 11 is 0. The Hall–Kier alpha value is -2.64. The van der Waals surface area contributed by atoms with E-state index in [1.54, 1.807) is 34.4 Å². The number of amides is 2. The first kappa shape index (κ1) is 17.2. The number of hydrogen-bond donors (Lipinski definition) is 1. The lowest BCUT2D eigenvalue weighted by Gasteiger charge is -2.25. The molecule has 1 N–H and O–H groups in total. The lowest BCUT2D eigenvalue weighted by molar-refractivity contribution is -0.143. The summed E-state index contributed by atoms with van der Waals surface area (Å²) in [4.78, 5) is 30.8. The van der Waals surface area contributed by atoms with Crippen molar-refractivity contribution in [2.45, 2.75) is 51.7 Å². The monoisotopic (exact) mass is 344 g/mol. The van der Waals surface area contributed by atoms with E-state index >= 15 is 0 Å². The minimum atomic E-state index is -0.622. The Bertz CT molecular complexity index is 744. The van der Waals surface area contributed by atoms with Crippen molar-refractivity contribution >= 4 is 17.6 Å². The molecule has 3 heterocycles. The van der Waals surface area contributed by atoms with Crippen molar-refractivity contribution in [1.29, 1.82) is 0 Å². The molecule has 1 fully saturated rings. The molecule has 1 atom stereocenters. The zero-order valence-corrected chi connectivity index (χ0v) is 14.8. The van der Waals surface area contributed by atoms with Crippen LogP contribution in [0.5, 0.6) is 0 Å². The molecule has 1 aliphatic rings. The Morgan fingerprint density at radius 1 is 1.32 bits per heavy atom. The minimum Gasteiger partial charge on any atom is -0.335 e. The molecule has 0 radical (unpaired) electrons. The van der Waals surface area contributed by atoms with Gasteiger partial charge in [0.05, 0.1) is 24.1 Å². The third-order valence-corrected chi connectivity index (χ3v) is 4.33. The summed E-state index contributed by atoms with van der Waals surface area (Å²) in [5, 5.41) is 6.93. The molecular formula is C17H24N6O2. The molecular weight excluding hydrogens is 320 g/mol. The van der Waals surface area contributed by atoms with Crippen molar-refractivity contribution in [2.24, 2.45) is 0 Å². The fraction of sp³-hybridized carbons (Fsp3) is 0.529. The summed E-state index contributed by atoms with van der Waals surface area (Å²) in [5.74, 6) is -0.594. The second-order valence-electron chi connectivity index (χ2n) is 7.31. The highest BCUT2D eigenvalue weighted by Crippen LogP contribution is 2.21. The van der Waals surface area contributed by atoms with Crippen LogP contribution >= 0.6 is 0 Å². The highest BCUT2D eigenvalue weighted by molar-refractivity contribution is 6.39. The van der Waals surface area contributed by atoms with Crippen LogP contribution in [0.15, 0.2) is 31.0 Å². The van der Waals surface area contributed by atoms with Gasteiger partial charge in [-0.3, -0.25) is 9.59 Å². The zero-order valence-electron chi connectivity index (χ0n) is 14.8. The summed E-state index contributed by atoms with van der Waals surface area (Å²) in [6, 6.07) is 1.71. The van der Waals surface area contributed by atoms with E-state index in [2.05, 4.69) is 15.4 Å². The van der Waals surface area contributed by atoms with Gasteiger partial charge < -0.3 is 14.8 Å². The van der Waals surface area contributed by atoms with Gasteiger partial charge in [-0.1, -0.05) is 0 Å². The molecule has 0 unspecified atom stereocenters. The van der Waals surface area contributed by atoms with Gasteiger partial charge in [-0.05, 0) is 33.6 Å². The quantitative estimate of drug-likeness (QED) is 0.855. The third-order valence-electron chi connectivity index (χ3n) is 4.33. The van der Waals surface area contributed by atoms with Gasteiger partial charge in [0.15, 0.2) is 0 Å². The molecule has 0 spiro atoms. The van der Waals surface area contributed by atoms with Gasteiger partial charge in [-0.25, -0.2) is 9.67 Å². The maximum atomic E-state index is 12.6. The van der Waals surface area contributed by atoms with Crippen LogP contribution in [-0.2, 0) is 21.7 Å². The van der Waals surface area contributed by atoms with E-state index in [9.17, 15) is 9.59 Å². The SMILES string of the molecule is CC(C)(C)n1nccc1NC(=O)C(=O)N1CCC[C@H]1Cn1ccnc1. The maximum Gasteiger partial charge on any atom is 0.315 e. The molecule has 0 aromatic carbocycles. The highest BCUT2D eigenvalue weighted by atomic mass is 16.2. The third kappa shape index (κ3) is 3.72. The molecule has 0 aliphatic carbocycles. The normalized spacial score (nSPS) is 17.7. The van der Waals surface area contributed by atoms with Crippen LogP contribution in [0, 0.1) is 0 Å². The standard InChI is InChI=1S/C17H24N6O2/c1-17(2,3)23-14(6-7-19-23)20-15(24)16(25)22-9-4-5-13(22)11-21-10-8-18-12-21/h6-8,10,12-13H,4-5,9,11H2,1-3H3,(H,20,24)/t13-/m0/s1. The number of likely N-dealkylation sites (tertiary alicyclic amines) is 1. The van der Waals surface area contributed by atoms with E-state index in [4.69, 9.17) is 0 Å². The van der Waals surface area contributed by atoms with Crippen molar-refractivity contribution in [2.75, 3.05) is 11.9 Å². The Balaban J connectivity index is 1.68. The summed E-state index contributed by atoms with van der Waals surface area (Å²) in [5.41, 5.74) is -0.285. The number of imidazole rings is 1. The van der Waals surface area contributed by atoms with E-state index in [1.807, 2.05) is 31.5 Å². The Labute approximate surface area is 146 Å². The van der Waals surface area contributed by atoms with Gasteiger partial charge >= 0.3 is 11.8 Å². The van der Waals surface area contributed by atoms with Crippen molar-refractivity contribution in [3.63, 3.8) is 0 Å². The van der Waals surface area contributed by atoms with Gasteiger partial charge in [0.25, 0.3) is 0 Å². The van der Waals surface area contributed by atoms with Gasteiger partial charge in [-0.2, -0.15) is 5.10 Å². The van der Waals surface area contributed by atoms with Crippen LogP contribution < -0.4 is 5.32 Å². The molecule has 0 bridgehead atoms. The van der Waals surface area contributed by atoms with Crippen molar-refractivity contribution in [1.82, 2.24) is 24.2 Å². The molecule has 1 saturated heterocycles. The Morgan fingerprint density at radius 2 is 2.12 bits per heavy atom. The van der Waals surface area contributed by atoms with E-state index < -0.39 is 11.8 Å². The van der Waals surface area contributed by atoms with Gasteiger partial charge in [0, 0.05) is 31.5 Å². The van der Waals surface area contributed by atoms with Crippen LogP contribution in [0.2, 0.25) is 0 Å². The van der Waals surface area contributed by atoms with E-state index in [1.165, 1.54) is 0 Å². The zero-order chi connectivity index (χ0) is 18.0. The number of nitrogens with zero attached hydrogens (tertiary/aromatic N) is 5. The summed E-state index contributed by atoms with van der Waals surface area (Å²) in [6.07, 6.45) is 8.70. The molecule has 3 rings (SSSR count). The maximum absolute atomic E-state index is 12.6. The number of aromatic nitrogens is 4. The molecule has 8 nitrogen and oxygen atoms in total. The van der Waals surface area contributed by atoms with Crippen LogP contribution in [0.1, 0.15) is 33.6 Å². The largest absolute Gasteiger partial charge is 0.335 e. The van der Waals surface area contributed by atoms with Crippen LogP contribution in [-0.4, -0.2) is 48.6 Å². The number of nitrogens with one attached hydrogen (secondary N) is 1. The molecule has 2 aromatic heterocycles. The summed E-state index contributed by atoms with van der Waals surface area (Å²) < 4.78 is 3.63. The highest BCUT2D eigenvalue weighted by Gasteiger charge is 2.33. The second-order valence-corrected chi connectivity index (χ2v) is 7.31. The van der Waals surface area contributed by atoms with Crippen LogP contribution in [0.4, 0.5) is 5.82 Å². The van der Waals surface area contributed by atoms with E-state index in [0.29, 0.717) is 18.9 Å². The topological polar surface area (TPSA) is 85.0 Å². The molecule has 8 heteroatoms. The molecule has 2 aromatic rings. The molecule has 0 saturated carbocycles. The number of anilines is 1. The molecule has 134 valence electrons. The van der Waals surface area contributed by atoms with Gasteiger partial charge in [-0.15, -0.1) is 0 Å². The fourth-order valence-corrected chi connectivity index (χ4v) is 3.16. The molecule has 2 amide bonds. The summed E-state index contributed by atoms with van der Waals surface area (Å²) in [7, 11) is 0. The number of hydrogen-bond acceptors (Lipinski definition) is 4. The first-order chi connectivity index (χ1) is 11.9. The lowest BCUT2D eigenvalue weighted by Crippen LogP contribution is -2.44. The predicted molar refractivity (Wildman–Crippen MR) is 92.8 cm³/mol. The minimum absolute atomic E-state index is 0.0139. The predicted octanol–water partition coefficient (Wildman–Crippen LogP) is 1.46.